The van der Waals surface area contributed by atoms with E-state index >= 15 is 0 Å². The van der Waals surface area contributed by atoms with Crippen molar-refractivity contribution in [1.29, 1.82) is 0 Å². The van der Waals surface area contributed by atoms with Gasteiger partial charge in [-0.25, -0.2) is 9.37 Å². The first kappa shape index (κ1) is 21.1. The molecular weight excluding hydrogens is 421 g/mol. The molecule has 4 rings (SSSR count). The van der Waals surface area contributed by atoms with Crippen LogP contribution in [0.5, 0.6) is 0 Å². The van der Waals surface area contributed by atoms with E-state index in [1.54, 1.807) is 46.1 Å². The van der Waals surface area contributed by atoms with E-state index in [2.05, 4.69) is 10.3 Å². The van der Waals surface area contributed by atoms with E-state index < -0.39 is 0 Å². The summed E-state index contributed by atoms with van der Waals surface area (Å²) in [6.07, 6.45) is 6.93. The van der Waals surface area contributed by atoms with E-state index in [0.717, 1.165) is 46.5 Å². The minimum Gasteiger partial charge on any atom is -0.356 e. The summed E-state index contributed by atoms with van der Waals surface area (Å²) >= 11 is 3.27. The van der Waals surface area contributed by atoms with E-state index in [1.165, 1.54) is 29.0 Å². The zero-order valence-electron chi connectivity index (χ0n) is 16.7. The molecular formula is C22H24FN3O2S2. The number of hydrogen-bond acceptors (Lipinski definition) is 5. The largest absolute Gasteiger partial charge is 0.356 e. The Kier molecular flexibility index (Phi) is 6.84. The van der Waals surface area contributed by atoms with E-state index in [-0.39, 0.29) is 23.7 Å². The predicted octanol–water partition coefficient (Wildman–Crippen LogP) is 4.16. The molecule has 0 saturated heterocycles. The van der Waals surface area contributed by atoms with Gasteiger partial charge in [0, 0.05) is 29.3 Å². The summed E-state index contributed by atoms with van der Waals surface area (Å²) in [6.45, 7) is 0.916. The molecule has 1 aliphatic carbocycles. The fourth-order valence-electron chi connectivity index (χ4n) is 3.67. The van der Waals surface area contributed by atoms with Crippen LogP contribution in [0.25, 0.3) is 10.2 Å². The van der Waals surface area contributed by atoms with Crippen molar-refractivity contribution in [2.75, 3.05) is 12.3 Å². The number of amides is 1. The molecule has 0 saturated carbocycles. The number of halogens is 1. The van der Waals surface area contributed by atoms with Gasteiger partial charge >= 0.3 is 0 Å². The third-order valence-corrected chi connectivity index (χ3v) is 7.55. The van der Waals surface area contributed by atoms with Crippen molar-refractivity contribution >= 4 is 39.2 Å². The highest BCUT2D eigenvalue weighted by molar-refractivity contribution is 7.99. The smallest absolute Gasteiger partial charge is 0.262 e. The Morgan fingerprint density at radius 1 is 1.23 bits per heavy atom. The zero-order valence-corrected chi connectivity index (χ0v) is 18.3. The van der Waals surface area contributed by atoms with Gasteiger partial charge in [0.25, 0.3) is 5.56 Å². The Bertz CT molecular complexity index is 1090. The van der Waals surface area contributed by atoms with Gasteiger partial charge in [0.05, 0.1) is 11.7 Å². The number of nitrogens with one attached hydrogen (secondary N) is 1. The Morgan fingerprint density at radius 3 is 2.87 bits per heavy atom. The molecule has 8 heteroatoms. The quantitative estimate of drug-likeness (QED) is 0.418. The first-order valence-electron chi connectivity index (χ1n) is 10.3. The van der Waals surface area contributed by atoms with E-state index in [1.807, 2.05) is 0 Å². The Hall–Kier alpha value is -2.19. The van der Waals surface area contributed by atoms with Crippen molar-refractivity contribution < 1.29 is 9.18 Å². The Labute approximate surface area is 182 Å². The molecule has 1 aliphatic rings. The summed E-state index contributed by atoms with van der Waals surface area (Å²) in [5.41, 5.74) is 1.15. The fourth-order valence-corrected chi connectivity index (χ4v) is 5.74. The lowest BCUT2D eigenvalue weighted by Gasteiger charge is -2.10. The van der Waals surface area contributed by atoms with Crippen molar-refractivity contribution in [3.8, 4) is 0 Å². The molecule has 2 heterocycles. The Balaban J connectivity index is 1.25. The van der Waals surface area contributed by atoms with Crippen LogP contribution in [0.4, 0.5) is 4.39 Å². The number of aryl methyl sites for hydroxylation is 3. The maximum absolute atomic E-state index is 12.9. The molecule has 0 atom stereocenters. The van der Waals surface area contributed by atoms with Gasteiger partial charge in [0.2, 0.25) is 5.91 Å². The molecule has 1 amide bonds. The lowest BCUT2D eigenvalue weighted by atomic mass is 9.97. The molecule has 3 aromatic rings. The van der Waals surface area contributed by atoms with Crippen molar-refractivity contribution in [3.63, 3.8) is 0 Å². The molecule has 1 N–H and O–H groups in total. The zero-order chi connectivity index (χ0) is 20.9. The molecule has 0 spiro atoms. The second-order valence-electron chi connectivity index (χ2n) is 7.39. The van der Waals surface area contributed by atoms with Crippen molar-refractivity contribution in [2.24, 2.45) is 0 Å². The summed E-state index contributed by atoms with van der Waals surface area (Å²) in [4.78, 5) is 32.7. The minimum absolute atomic E-state index is 0.0251. The molecule has 2 aromatic heterocycles. The lowest BCUT2D eigenvalue weighted by molar-refractivity contribution is -0.121. The number of thioether (sulfide) groups is 1. The maximum Gasteiger partial charge on any atom is 0.262 e. The van der Waals surface area contributed by atoms with Gasteiger partial charge in [0.15, 0.2) is 0 Å². The first-order chi connectivity index (χ1) is 14.6. The topological polar surface area (TPSA) is 64.0 Å². The van der Waals surface area contributed by atoms with Gasteiger partial charge in [-0.15, -0.1) is 23.1 Å². The third kappa shape index (κ3) is 4.92. The lowest BCUT2D eigenvalue weighted by Crippen LogP contribution is -2.28. The molecule has 0 bridgehead atoms. The average molecular weight is 446 g/mol. The molecule has 0 radical (unpaired) electrons. The summed E-state index contributed by atoms with van der Waals surface area (Å²) in [5.74, 6) is 0.537. The van der Waals surface area contributed by atoms with E-state index in [4.69, 9.17) is 0 Å². The van der Waals surface area contributed by atoms with Gasteiger partial charge in [-0.05, 0) is 67.7 Å². The Morgan fingerprint density at radius 2 is 2.03 bits per heavy atom. The second kappa shape index (κ2) is 9.75. The number of fused-ring (bicyclic) bond motifs is 3. The number of nitrogens with zero attached hydrogens (tertiary/aromatic N) is 2. The van der Waals surface area contributed by atoms with Crippen LogP contribution < -0.4 is 10.9 Å². The van der Waals surface area contributed by atoms with Crippen molar-refractivity contribution in [3.05, 3.63) is 57.2 Å². The minimum atomic E-state index is -0.237. The number of hydrogen-bond donors (Lipinski definition) is 1. The molecule has 30 heavy (non-hydrogen) atoms. The summed E-state index contributed by atoms with van der Waals surface area (Å²) < 4.78 is 14.5. The molecule has 0 unspecified atom stereocenters. The summed E-state index contributed by atoms with van der Waals surface area (Å²) in [5, 5.41) is 3.66. The predicted molar refractivity (Wildman–Crippen MR) is 120 cm³/mol. The SMILES string of the molecule is O=C(CCn1cnc2sc3c(c2c1=O)CCCC3)NCCCSc1ccc(F)cc1. The van der Waals surface area contributed by atoms with Gasteiger partial charge in [0.1, 0.15) is 10.6 Å². The molecule has 0 aliphatic heterocycles. The van der Waals surface area contributed by atoms with Gasteiger partial charge < -0.3 is 5.32 Å². The highest BCUT2D eigenvalue weighted by atomic mass is 32.2. The van der Waals surface area contributed by atoms with Crippen LogP contribution in [0.3, 0.4) is 0 Å². The number of rotatable bonds is 8. The van der Waals surface area contributed by atoms with Crippen LogP contribution in [0, 0.1) is 5.82 Å². The normalized spacial score (nSPS) is 13.4. The number of carbonyl (C=O) groups is 1. The van der Waals surface area contributed by atoms with Crippen LogP contribution in [0.15, 0.2) is 40.3 Å². The van der Waals surface area contributed by atoms with Crippen LogP contribution in [0.1, 0.15) is 36.1 Å². The maximum atomic E-state index is 12.9. The van der Waals surface area contributed by atoms with Crippen LogP contribution in [0.2, 0.25) is 0 Å². The monoisotopic (exact) mass is 445 g/mol. The number of benzene rings is 1. The molecule has 0 fully saturated rings. The third-order valence-electron chi connectivity index (χ3n) is 5.25. The number of thiophene rings is 1. The highest BCUT2D eigenvalue weighted by Crippen LogP contribution is 2.33. The molecule has 5 nitrogen and oxygen atoms in total. The van der Waals surface area contributed by atoms with E-state index in [0.29, 0.717) is 13.1 Å². The fraction of sp³-hybridized carbons (Fsp3) is 0.409. The van der Waals surface area contributed by atoms with Gasteiger partial charge in [-0.3, -0.25) is 14.2 Å². The van der Waals surface area contributed by atoms with Crippen molar-refractivity contribution in [2.45, 2.75) is 50.0 Å². The van der Waals surface area contributed by atoms with Crippen molar-refractivity contribution in [1.82, 2.24) is 14.9 Å². The van der Waals surface area contributed by atoms with Gasteiger partial charge in [-0.2, -0.15) is 0 Å². The van der Waals surface area contributed by atoms with Crippen LogP contribution >= 0.6 is 23.1 Å². The standard InChI is InChI=1S/C22H24FN3O2S2/c23-15-6-8-16(9-7-15)29-13-3-11-24-19(27)10-12-26-14-25-21-20(22(26)28)17-4-1-2-5-18(17)30-21/h6-9,14H,1-5,10-13H2,(H,24,27). The molecule has 1 aromatic carbocycles. The van der Waals surface area contributed by atoms with Gasteiger partial charge in [-0.1, -0.05) is 0 Å². The second-order valence-corrected chi connectivity index (χ2v) is 9.64. The molecule has 158 valence electrons. The number of carbonyl (C=O) groups excluding carboxylic acids is 1. The summed E-state index contributed by atoms with van der Waals surface area (Å²) in [6, 6.07) is 6.41. The number of aromatic nitrogens is 2. The average Bonchev–Trinajstić information content (AvgIpc) is 3.14. The van der Waals surface area contributed by atoms with Crippen LogP contribution in [-0.4, -0.2) is 27.8 Å². The summed E-state index contributed by atoms with van der Waals surface area (Å²) in [7, 11) is 0. The first-order valence-corrected chi connectivity index (χ1v) is 12.1. The highest BCUT2D eigenvalue weighted by Gasteiger charge is 2.20. The van der Waals surface area contributed by atoms with Crippen LogP contribution in [-0.2, 0) is 24.2 Å². The van der Waals surface area contributed by atoms with E-state index in [9.17, 15) is 14.0 Å².